The maximum Gasteiger partial charge on any atom is 0.0112 e. The van der Waals surface area contributed by atoms with Crippen molar-refractivity contribution in [3.8, 4) is 0 Å². The average Bonchev–Trinajstić information content (AvgIpc) is 2.82. The van der Waals surface area contributed by atoms with Crippen molar-refractivity contribution in [3.05, 3.63) is 22.4 Å². The molecule has 1 heterocycles. The van der Waals surface area contributed by atoms with E-state index >= 15 is 0 Å². The van der Waals surface area contributed by atoms with Gasteiger partial charge in [-0.1, -0.05) is 26.3 Å². The van der Waals surface area contributed by atoms with Gasteiger partial charge in [-0.25, -0.2) is 0 Å². The van der Waals surface area contributed by atoms with E-state index in [2.05, 4.69) is 50.2 Å². The molecular weight excluding hydrogens is 240 g/mol. The molecule has 1 aromatic rings. The van der Waals surface area contributed by atoms with Crippen LogP contribution in [-0.4, -0.2) is 31.1 Å². The highest BCUT2D eigenvalue weighted by molar-refractivity contribution is 7.09. The fourth-order valence-electron chi connectivity index (χ4n) is 2.48. The second kappa shape index (κ2) is 7.27. The Hall–Kier alpha value is -0.380. The highest BCUT2D eigenvalue weighted by Gasteiger charge is 2.25. The van der Waals surface area contributed by atoms with Crippen LogP contribution >= 0.6 is 11.3 Å². The van der Waals surface area contributed by atoms with Gasteiger partial charge in [0.15, 0.2) is 0 Å². The van der Waals surface area contributed by atoms with E-state index in [0.29, 0.717) is 6.04 Å². The summed E-state index contributed by atoms with van der Waals surface area (Å²) in [4.78, 5) is 3.93. The topological polar surface area (TPSA) is 29.3 Å². The van der Waals surface area contributed by atoms with Gasteiger partial charge in [0.2, 0.25) is 0 Å². The quantitative estimate of drug-likeness (QED) is 0.783. The molecule has 0 spiro atoms. The first-order valence-corrected chi connectivity index (χ1v) is 7.81. The summed E-state index contributed by atoms with van der Waals surface area (Å²) in [7, 11) is 2.22. The number of thiophene rings is 1. The molecule has 0 aliphatic rings. The van der Waals surface area contributed by atoms with Gasteiger partial charge in [-0.15, -0.1) is 11.3 Å². The number of nitrogens with two attached hydrogens (primary N) is 1. The first-order chi connectivity index (χ1) is 8.50. The fraction of sp³-hybridized carbons (Fsp3) is 0.733. The van der Waals surface area contributed by atoms with Crippen molar-refractivity contribution in [2.45, 2.75) is 46.1 Å². The zero-order valence-electron chi connectivity index (χ0n) is 12.3. The molecule has 0 fully saturated rings. The summed E-state index contributed by atoms with van der Waals surface area (Å²) in [6, 6.07) is 4.93. The molecule has 0 saturated carbocycles. The van der Waals surface area contributed by atoms with E-state index < -0.39 is 0 Å². The van der Waals surface area contributed by atoms with Crippen LogP contribution < -0.4 is 5.73 Å². The van der Waals surface area contributed by atoms with E-state index in [1.54, 1.807) is 0 Å². The Balaban J connectivity index is 2.50. The molecule has 0 aliphatic heterocycles. The van der Waals surface area contributed by atoms with Crippen molar-refractivity contribution in [2.75, 3.05) is 20.1 Å². The van der Waals surface area contributed by atoms with Crippen molar-refractivity contribution in [3.63, 3.8) is 0 Å². The lowest BCUT2D eigenvalue weighted by molar-refractivity contribution is 0.150. The van der Waals surface area contributed by atoms with E-state index in [9.17, 15) is 0 Å². The van der Waals surface area contributed by atoms with Crippen molar-refractivity contribution in [2.24, 2.45) is 11.1 Å². The molecule has 0 bridgehead atoms. The van der Waals surface area contributed by atoms with Crippen LogP contribution in [-0.2, 0) is 6.42 Å². The van der Waals surface area contributed by atoms with E-state index in [0.717, 1.165) is 19.5 Å². The predicted molar refractivity (Wildman–Crippen MR) is 82.2 cm³/mol. The molecule has 2 nitrogen and oxygen atoms in total. The molecule has 1 aromatic heterocycles. The van der Waals surface area contributed by atoms with E-state index in [1.807, 2.05) is 11.3 Å². The Morgan fingerprint density at radius 1 is 1.50 bits per heavy atom. The highest BCUT2D eigenvalue weighted by Crippen LogP contribution is 2.24. The summed E-state index contributed by atoms with van der Waals surface area (Å²) >= 11 is 1.85. The third-order valence-electron chi connectivity index (χ3n) is 3.81. The predicted octanol–water partition coefficient (Wildman–Crippen LogP) is 3.38. The van der Waals surface area contributed by atoms with Crippen LogP contribution in [0, 0.1) is 5.41 Å². The summed E-state index contributed by atoms with van der Waals surface area (Å²) in [6.07, 6.45) is 3.56. The van der Waals surface area contributed by atoms with Gasteiger partial charge in [-0.3, -0.25) is 0 Å². The van der Waals surface area contributed by atoms with Gasteiger partial charge in [0.1, 0.15) is 0 Å². The second-order valence-electron chi connectivity index (χ2n) is 5.81. The average molecular weight is 268 g/mol. The van der Waals surface area contributed by atoms with Crippen molar-refractivity contribution in [1.29, 1.82) is 0 Å². The minimum atomic E-state index is 0.257. The Kier molecular flexibility index (Phi) is 6.33. The van der Waals surface area contributed by atoms with E-state index in [-0.39, 0.29) is 5.41 Å². The molecule has 2 N–H and O–H groups in total. The van der Waals surface area contributed by atoms with Crippen LogP contribution in [0.3, 0.4) is 0 Å². The molecular formula is C15H28N2S. The lowest BCUT2D eigenvalue weighted by atomic mass is 9.85. The maximum atomic E-state index is 5.95. The third kappa shape index (κ3) is 4.71. The zero-order chi connectivity index (χ0) is 13.6. The number of nitrogens with zero attached hydrogens (tertiary/aromatic N) is 1. The first kappa shape index (κ1) is 15.7. The fourth-order valence-corrected chi connectivity index (χ4v) is 3.31. The second-order valence-corrected chi connectivity index (χ2v) is 6.84. The first-order valence-electron chi connectivity index (χ1n) is 6.93. The molecule has 104 valence electrons. The van der Waals surface area contributed by atoms with Crippen LogP contribution in [0.1, 0.15) is 38.5 Å². The largest absolute Gasteiger partial charge is 0.330 e. The molecule has 3 heteroatoms. The van der Waals surface area contributed by atoms with Crippen molar-refractivity contribution in [1.82, 2.24) is 4.90 Å². The minimum Gasteiger partial charge on any atom is -0.330 e. The molecule has 2 unspecified atom stereocenters. The minimum absolute atomic E-state index is 0.257. The van der Waals surface area contributed by atoms with Gasteiger partial charge in [-0.2, -0.15) is 0 Å². The third-order valence-corrected chi connectivity index (χ3v) is 4.71. The lowest BCUT2D eigenvalue weighted by Gasteiger charge is -2.35. The number of rotatable bonds is 8. The van der Waals surface area contributed by atoms with Crippen LogP contribution in [0.15, 0.2) is 17.5 Å². The Morgan fingerprint density at radius 2 is 2.22 bits per heavy atom. The Morgan fingerprint density at radius 3 is 2.72 bits per heavy atom. The normalized spacial score (nSPS) is 16.8. The SMILES string of the molecule is CCCC(C)(CN)CN(C)C(C)Cc1cccs1. The van der Waals surface area contributed by atoms with Gasteiger partial charge >= 0.3 is 0 Å². The smallest absolute Gasteiger partial charge is 0.0112 e. The molecule has 0 aromatic carbocycles. The van der Waals surface area contributed by atoms with Crippen molar-refractivity contribution < 1.29 is 0 Å². The monoisotopic (exact) mass is 268 g/mol. The van der Waals surface area contributed by atoms with Crippen LogP contribution in [0.25, 0.3) is 0 Å². The van der Waals surface area contributed by atoms with Crippen LogP contribution in [0.2, 0.25) is 0 Å². The summed E-state index contributed by atoms with van der Waals surface area (Å²) in [5, 5.41) is 2.16. The van der Waals surface area contributed by atoms with Gasteiger partial charge in [0, 0.05) is 17.5 Å². The Labute approximate surface area is 116 Å². The molecule has 0 saturated heterocycles. The maximum absolute atomic E-state index is 5.95. The van der Waals surface area contributed by atoms with Gasteiger partial charge < -0.3 is 10.6 Å². The molecule has 0 radical (unpaired) electrons. The molecule has 0 aliphatic carbocycles. The summed E-state index contributed by atoms with van der Waals surface area (Å²) in [5.41, 5.74) is 6.21. The molecule has 1 rings (SSSR count). The van der Waals surface area contributed by atoms with E-state index in [4.69, 9.17) is 5.73 Å². The number of hydrogen-bond donors (Lipinski definition) is 1. The summed E-state index contributed by atoms with van der Waals surface area (Å²) in [6.45, 7) is 8.72. The zero-order valence-corrected chi connectivity index (χ0v) is 13.1. The molecule has 0 amide bonds. The van der Waals surface area contributed by atoms with Crippen molar-refractivity contribution >= 4 is 11.3 Å². The summed E-state index contributed by atoms with van der Waals surface area (Å²) < 4.78 is 0. The van der Waals surface area contributed by atoms with Crippen LogP contribution in [0.4, 0.5) is 0 Å². The number of likely N-dealkylation sites (N-methyl/N-ethyl adjacent to an activating group) is 1. The molecule has 2 atom stereocenters. The molecule has 18 heavy (non-hydrogen) atoms. The summed E-state index contributed by atoms with van der Waals surface area (Å²) in [5.74, 6) is 0. The lowest BCUT2D eigenvalue weighted by Crippen LogP contribution is -2.43. The standard InChI is InChI=1S/C15H28N2S/c1-5-8-15(3,11-16)12-17(4)13(2)10-14-7-6-9-18-14/h6-7,9,13H,5,8,10-12,16H2,1-4H3. The van der Waals surface area contributed by atoms with Crippen LogP contribution in [0.5, 0.6) is 0 Å². The van der Waals surface area contributed by atoms with Gasteiger partial charge in [0.25, 0.3) is 0 Å². The van der Waals surface area contributed by atoms with E-state index in [1.165, 1.54) is 17.7 Å². The van der Waals surface area contributed by atoms with Gasteiger partial charge in [-0.05, 0) is 50.2 Å². The van der Waals surface area contributed by atoms with Gasteiger partial charge in [0.05, 0.1) is 0 Å². The number of hydrogen-bond acceptors (Lipinski definition) is 3. The highest BCUT2D eigenvalue weighted by atomic mass is 32.1. The Bertz CT molecular complexity index is 323.